The van der Waals surface area contributed by atoms with Crippen molar-refractivity contribution < 1.29 is 9.90 Å². The second-order valence-electron chi connectivity index (χ2n) is 4.00. The predicted octanol–water partition coefficient (Wildman–Crippen LogP) is 1.99. The Kier molecular flexibility index (Phi) is 2.62. The Labute approximate surface area is 89.3 Å². The summed E-state index contributed by atoms with van der Waals surface area (Å²) in [7, 11) is 0. The summed E-state index contributed by atoms with van der Waals surface area (Å²) in [6, 6.07) is 10.1. The van der Waals surface area contributed by atoms with Crippen LogP contribution in [0.25, 0.3) is 0 Å². The number of carboxylic acid groups (broad SMARTS) is 1. The highest BCUT2D eigenvalue weighted by atomic mass is 16.4. The molecule has 15 heavy (non-hydrogen) atoms. The van der Waals surface area contributed by atoms with Crippen molar-refractivity contribution >= 4 is 11.7 Å². The molecule has 1 aromatic carbocycles. The van der Waals surface area contributed by atoms with Gasteiger partial charge in [0.05, 0.1) is 5.92 Å². The molecule has 0 saturated carbocycles. The van der Waals surface area contributed by atoms with Crippen molar-refractivity contribution in [3.05, 3.63) is 30.3 Å². The second-order valence-corrected chi connectivity index (χ2v) is 4.00. The zero-order valence-electron chi connectivity index (χ0n) is 8.76. The average Bonchev–Trinajstić information content (AvgIpc) is 2.61. The van der Waals surface area contributed by atoms with Crippen molar-refractivity contribution in [3.8, 4) is 0 Å². The van der Waals surface area contributed by atoms with Gasteiger partial charge in [-0.15, -0.1) is 0 Å². The van der Waals surface area contributed by atoms with Gasteiger partial charge in [0.15, 0.2) is 0 Å². The fourth-order valence-electron chi connectivity index (χ4n) is 2.25. The molecule has 80 valence electrons. The fraction of sp³-hybridized carbons (Fsp3) is 0.417. The maximum Gasteiger partial charge on any atom is 0.308 e. The van der Waals surface area contributed by atoms with E-state index in [0.717, 1.165) is 18.7 Å². The van der Waals surface area contributed by atoms with Gasteiger partial charge in [0.25, 0.3) is 0 Å². The minimum absolute atomic E-state index is 0.0879. The molecule has 2 rings (SSSR count). The fourth-order valence-corrected chi connectivity index (χ4v) is 2.25. The standard InChI is InChI=1S/C12H15NO2/c1-9-11(12(14)15)7-8-13(9)10-5-3-2-4-6-10/h2-6,9,11H,7-8H2,1H3,(H,14,15)/t9-,11-/m0/s1. The maximum absolute atomic E-state index is 11.0. The van der Waals surface area contributed by atoms with E-state index in [0.29, 0.717) is 0 Å². The number of hydrogen-bond donors (Lipinski definition) is 1. The third kappa shape index (κ3) is 1.82. The first-order valence-corrected chi connectivity index (χ1v) is 5.24. The van der Waals surface area contributed by atoms with Crippen LogP contribution in [0, 0.1) is 5.92 Å². The first-order valence-electron chi connectivity index (χ1n) is 5.24. The Morgan fingerprint density at radius 1 is 1.40 bits per heavy atom. The Hall–Kier alpha value is -1.51. The molecule has 1 N–H and O–H groups in total. The Morgan fingerprint density at radius 2 is 2.07 bits per heavy atom. The smallest absolute Gasteiger partial charge is 0.308 e. The summed E-state index contributed by atoms with van der Waals surface area (Å²) in [5.41, 5.74) is 1.12. The average molecular weight is 205 g/mol. The lowest BCUT2D eigenvalue weighted by Gasteiger charge is -2.25. The van der Waals surface area contributed by atoms with Gasteiger partial charge in [-0.05, 0) is 25.5 Å². The summed E-state index contributed by atoms with van der Waals surface area (Å²) in [6.45, 7) is 2.82. The van der Waals surface area contributed by atoms with E-state index in [1.54, 1.807) is 0 Å². The molecule has 2 atom stereocenters. The molecule has 0 unspecified atom stereocenters. The van der Waals surface area contributed by atoms with Crippen molar-refractivity contribution in [2.24, 2.45) is 5.92 Å². The van der Waals surface area contributed by atoms with Crippen LogP contribution < -0.4 is 4.90 Å². The van der Waals surface area contributed by atoms with Crippen LogP contribution in [0.5, 0.6) is 0 Å². The van der Waals surface area contributed by atoms with Crippen molar-refractivity contribution in [1.29, 1.82) is 0 Å². The maximum atomic E-state index is 11.0. The summed E-state index contributed by atoms with van der Waals surface area (Å²) in [4.78, 5) is 13.1. The molecule has 1 saturated heterocycles. The number of anilines is 1. The third-order valence-corrected chi connectivity index (χ3v) is 3.16. The van der Waals surface area contributed by atoms with Gasteiger partial charge in [-0.2, -0.15) is 0 Å². The van der Waals surface area contributed by atoms with Gasteiger partial charge in [0.1, 0.15) is 0 Å². The second kappa shape index (κ2) is 3.93. The number of carbonyl (C=O) groups is 1. The normalized spacial score (nSPS) is 25.5. The molecule has 1 heterocycles. The lowest BCUT2D eigenvalue weighted by atomic mass is 10.0. The van der Waals surface area contributed by atoms with Gasteiger partial charge >= 0.3 is 5.97 Å². The summed E-state index contributed by atoms with van der Waals surface area (Å²) in [5, 5.41) is 9.02. The van der Waals surface area contributed by atoms with Crippen LogP contribution in [0.2, 0.25) is 0 Å². The molecule has 0 radical (unpaired) electrons. The molecule has 0 bridgehead atoms. The molecule has 1 aliphatic heterocycles. The van der Waals surface area contributed by atoms with Gasteiger partial charge in [-0.25, -0.2) is 0 Å². The quantitative estimate of drug-likeness (QED) is 0.802. The SMILES string of the molecule is C[C@H]1[C@@H](C(=O)O)CCN1c1ccccc1. The molecule has 0 amide bonds. The first-order chi connectivity index (χ1) is 7.20. The van der Waals surface area contributed by atoms with Gasteiger partial charge in [0, 0.05) is 18.3 Å². The number of rotatable bonds is 2. The first kappa shape index (κ1) is 10.0. The zero-order chi connectivity index (χ0) is 10.8. The molecule has 3 heteroatoms. The minimum Gasteiger partial charge on any atom is -0.481 e. The number of carboxylic acids is 1. The van der Waals surface area contributed by atoms with E-state index in [2.05, 4.69) is 4.90 Å². The number of nitrogens with zero attached hydrogens (tertiary/aromatic N) is 1. The highest BCUT2D eigenvalue weighted by Crippen LogP contribution is 2.29. The number of para-hydroxylation sites is 1. The summed E-state index contributed by atoms with van der Waals surface area (Å²) in [6.07, 6.45) is 0.741. The molecular weight excluding hydrogens is 190 g/mol. The number of hydrogen-bond acceptors (Lipinski definition) is 2. The van der Waals surface area contributed by atoms with E-state index in [-0.39, 0.29) is 12.0 Å². The van der Waals surface area contributed by atoms with Crippen molar-refractivity contribution in [1.82, 2.24) is 0 Å². The van der Waals surface area contributed by atoms with Crippen molar-refractivity contribution in [2.75, 3.05) is 11.4 Å². The Bertz CT molecular complexity index is 350. The van der Waals surface area contributed by atoms with Crippen LogP contribution in [0.1, 0.15) is 13.3 Å². The summed E-state index contributed by atoms with van der Waals surface area (Å²) < 4.78 is 0. The summed E-state index contributed by atoms with van der Waals surface area (Å²) >= 11 is 0. The third-order valence-electron chi connectivity index (χ3n) is 3.16. The zero-order valence-corrected chi connectivity index (χ0v) is 8.76. The molecule has 0 aliphatic carbocycles. The lowest BCUT2D eigenvalue weighted by Crippen LogP contribution is -2.32. The van der Waals surface area contributed by atoms with Crippen LogP contribution in [-0.2, 0) is 4.79 Å². The van der Waals surface area contributed by atoms with Crippen molar-refractivity contribution in [2.45, 2.75) is 19.4 Å². The van der Waals surface area contributed by atoms with Crippen LogP contribution in [-0.4, -0.2) is 23.7 Å². The van der Waals surface area contributed by atoms with Crippen LogP contribution in [0.3, 0.4) is 0 Å². The van der Waals surface area contributed by atoms with E-state index >= 15 is 0 Å². The monoisotopic (exact) mass is 205 g/mol. The molecular formula is C12H15NO2. The van der Waals surface area contributed by atoms with Crippen LogP contribution >= 0.6 is 0 Å². The van der Waals surface area contributed by atoms with Crippen LogP contribution in [0.4, 0.5) is 5.69 Å². The van der Waals surface area contributed by atoms with E-state index < -0.39 is 5.97 Å². The molecule has 3 nitrogen and oxygen atoms in total. The largest absolute Gasteiger partial charge is 0.481 e. The van der Waals surface area contributed by atoms with Gasteiger partial charge < -0.3 is 10.0 Å². The van der Waals surface area contributed by atoms with E-state index in [1.807, 2.05) is 37.3 Å². The van der Waals surface area contributed by atoms with E-state index in [9.17, 15) is 4.79 Å². The van der Waals surface area contributed by atoms with E-state index in [1.165, 1.54) is 0 Å². The number of aliphatic carboxylic acids is 1. The highest BCUT2D eigenvalue weighted by molar-refractivity contribution is 5.73. The minimum atomic E-state index is -0.680. The molecule has 1 aliphatic rings. The molecule has 1 fully saturated rings. The van der Waals surface area contributed by atoms with Gasteiger partial charge in [0.2, 0.25) is 0 Å². The predicted molar refractivity (Wildman–Crippen MR) is 59.0 cm³/mol. The highest BCUT2D eigenvalue weighted by Gasteiger charge is 2.35. The topological polar surface area (TPSA) is 40.5 Å². The van der Waals surface area contributed by atoms with Gasteiger partial charge in [-0.3, -0.25) is 4.79 Å². The molecule has 0 aromatic heterocycles. The molecule has 0 spiro atoms. The molecule has 1 aromatic rings. The summed E-state index contributed by atoms with van der Waals surface area (Å²) in [5.74, 6) is -0.911. The Morgan fingerprint density at radius 3 is 2.60 bits per heavy atom. The van der Waals surface area contributed by atoms with Crippen LogP contribution in [0.15, 0.2) is 30.3 Å². The number of benzene rings is 1. The van der Waals surface area contributed by atoms with Gasteiger partial charge in [-0.1, -0.05) is 18.2 Å². The van der Waals surface area contributed by atoms with E-state index in [4.69, 9.17) is 5.11 Å². The lowest BCUT2D eigenvalue weighted by molar-refractivity contribution is -0.141. The van der Waals surface area contributed by atoms with Crippen molar-refractivity contribution in [3.63, 3.8) is 0 Å². The Balaban J connectivity index is 2.17.